The van der Waals surface area contributed by atoms with Crippen LogP contribution >= 0.6 is 0 Å². The molecule has 1 saturated heterocycles. The van der Waals surface area contributed by atoms with Crippen LogP contribution in [0.25, 0.3) is 0 Å². The number of fused-ring (bicyclic) bond motifs is 2. The number of likely N-dealkylation sites (tertiary alicyclic amines) is 1. The van der Waals surface area contributed by atoms with Gasteiger partial charge < -0.3 is 14.4 Å². The second-order valence-electron chi connectivity index (χ2n) is 8.07. The Bertz CT molecular complexity index is 869. The van der Waals surface area contributed by atoms with E-state index < -0.39 is 0 Å². The van der Waals surface area contributed by atoms with Gasteiger partial charge in [-0.2, -0.15) is 0 Å². The monoisotopic (exact) mass is 383 g/mol. The Morgan fingerprint density at radius 1 is 1.32 bits per heavy atom. The summed E-state index contributed by atoms with van der Waals surface area (Å²) >= 11 is 0. The van der Waals surface area contributed by atoms with E-state index in [-0.39, 0.29) is 11.4 Å². The van der Waals surface area contributed by atoms with Crippen LogP contribution in [0.3, 0.4) is 0 Å². The number of piperidine rings is 1. The number of hydrogen-bond donors (Lipinski definition) is 1. The number of aryl methyl sites for hydroxylation is 1. The van der Waals surface area contributed by atoms with Crippen molar-refractivity contribution in [3.05, 3.63) is 46.9 Å². The number of amides is 1. The van der Waals surface area contributed by atoms with Gasteiger partial charge in [0.1, 0.15) is 0 Å². The molecule has 28 heavy (non-hydrogen) atoms. The van der Waals surface area contributed by atoms with Crippen LogP contribution in [0.15, 0.2) is 28.6 Å². The van der Waals surface area contributed by atoms with Gasteiger partial charge in [-0.25, -0.2) is 4.98 Å². The molecule has 0 saturated carbocycles. The molecule has 0 unspecified atom stereocenters. The number of allylic oxidation sites excluding steroid dienone is 1. The number of aromatic amines is 1. The maximum absolute atomic E-state index is 12.8. The zero-order chi connectivity index (χ0) is 19.7. The van der Waals surface area contributed by atoms with Gasteiger partial charge in [-0.15, -0.1) is 0 Å². The van der Waals surface area contributed by atoms with Crippen molar-refractivity contribution in [3.8, 4) is 0 Å². The lowest BCUT2D eigenvalue weighted by Gasteiger charge is -2.50. The van der Waals surface area contributed by atoms with Crippen molar-refractivity contribution < 1.29 is 9.32 Å². The smallest absolute Gasteiger partial charge is 0.292 e. The van der Waals surface area contributed by atoms with Crippen molar-refractivity contribution in [2.45, 2.75) is 52.0 Å². The number of H-pyrrole nitrogens is 1. The standard InChI is InChI=1S/C21H29N5O2/c1-4-16-13-18(28-24-16)20(27)25-11-7-21(8-12-25)19-17(22-14-23-19)6-10-26(21)9-5-15(2)3/h5,13-14H,4,6-12H2,1-3H3,(H,22,23). The topological polar surface area (TPSA) is 78.3 Å². The molecule has 0 bridgehead atoms. The number of rotatable bonds is 4. The van der Waals surface area contributed by atoms with Gasteiger partial charge in [0.2, 0.25) is 5.76 Å². The van der Waals surface area contributed by atoms with Crippen LogP contribution in [0.5, 0.6) is 0 Å². The molecular formula is C21H29N5O2. The summed E-state index contributed by atoms with van der Waals surface area (Å²) in [4.78, 5) is 25.3. The van der Waals surface area contributed by atoms with E-state index in [0.29, 0.717) is 18.8 Å². The Morgan fingerprint density at radius 2 is 2.11 bits per heavy atom. The molecule has 0 atom stereocenters. The minimum atomic E-state index is -0.105. The van der Waals surface area contributed by atoms with E-state index in [1.807, 2.05) is 18.2 Å². The van der Waals surface area contributed by atoms with Gasteiger partial charge >= 0.3 is 0 Å². The van der Waals surface area contributed by atoms with Crippen LogP contribution in [0.1, 0.15) is 61.2 Å². The molecular weight excluding hydrogens is 354 g/mol. The fraction of sp³-hybridized carbons (Fsp3) is 0.571. The summed E-state index contributed by atoms with van der Waals surface area (Å²) in [5, 5.41) is 3.96. The average Bonchev–Trinajstić information content (AvgIpc) is 3.37. The SMILES string of the molecule is CCc1cc(C(=O)N2CCC3(CC2)c2nc[nH]c2CCN3CC=C(C)C)on1. The van der Waals surface area contributed by atoms with Crippen LogP contribution in [-0.2, 0) is 18.4 Å². The summed E-state index contributed by atoms with van der Waals surface area (Å²) in [6.07, 6.45) is 7.62. The molecule has 4 heterocycles. The molecule has 0 aromatic carbocycles. The first kappa shape index (κ1) is 18.9. The van der Waals surface area contributed by atoms with Gasteiger partial charge in [0.15, 0.2) is 0 Å². The average molecular weight is 383 g/mol. The molecule has 0 aliphatic carbocycles. The van der Waals surface area contributed by atoms with Gasteiger partial charge in [-0.1, -0.05) is 23.7 Å². The predicted molar refractivity (Wildman–Crippen MR) is 106 cm³/mol. The molecule has 1 spiro atoms. The molecule has 2 aromatic rings. The minimum Gasteiger partial charge on any atom is -0.351 e. The highest BCUT2D eigenvalue weighted by Gasteiger charge is 2.47. The summed E-state index contributed by atoms with van der Waals surface area (Å²) in [6.45, 7) is 9.60. The van der Waals surface area contributed by atoms with Crippen LogP contribution in [0, 0.1) is 0 Å². The number of nitrogens with zero attached hydrogens (tertiary/aromatic N) is 4. The summed E-state index contributed by atoms with van der Waals surface area (Å²) in [6, 6.07) is 1.76. The zero-order valence-corrected chi connectivity index (χ0v) is 17.0. The third-order valence-electron chi connectivity index (χ3n) is 6.13. The molecule has 1 amide bonds. The van der Waals surface area contributed by atoms with Crippen molar-refractivity contribution in [2.75, 3.05) is 26.2 Å². The Morgan fingerprint density at radius 3 is 2.79 bits per heavy atom. The van der Waals surface area contributed by atoms with Crippen LogP contribution in [0.2, 0.25) is 0 Å². The summed E-state index contributed by atoms with van der Waals surface area (Å²) in [7, 11) is 0. The normalized spacial score (nSPS) is 18.9. The molecule has 4 rings (SSSR count). The van der Waals surface area contributed by atoms with E-state index in [1.54, 1.807) is 6.07 Å². The van der Waals surface area contributed by atoms with E-state index in [2.05, 4.69) is 35.0 Å². The van der Waals surface area contributed by atoms with Crippen molar-refractivity contribution in [1.29, 1.82) is 0 Å². The number of hydrogen-bond acceptors (Lipinski definition) is 5. The molecule has 0 radical (unpaired) electrons. The Kier molecular flexibility index (Phi) is 5.10. The first-order valence-electron chi connectivity index (χ1n) is 10.2. The molecule has 150 valence electrons. The molecule has 7 heteroatoms. The lowest BCUT2D eigenvalue weighted by Crippen LogP contribution is -2.57. The Balaban J connectivity index is 1.54. The van der Waals surface area contributed by atoms with Gasteiger partial charge in [-0.05, 0) is 33.1 Å². The number of aromatic nitrogens is 3. The number of carbonyl (C=O) groups is 1. The van der Waals surface area contributed by atoms with E-state index in [4.69, 9.17) is 9.51 Å². The summed E-state index contributed by atoms with van der Waals surface area (Å²) in [5.74, 6) is 0.286. The van der Waals surface area contributed by atoms with Crippen LogP contribution in [-0.4, -0.2) is 57.0 Å². The fourth-order valence-electron chi connectivity index (χ4n) is 4.45. The zero-order valence-electron chi connectivity index (χ0n) is 17.0. The van der Waals surface area contributed by atoms with Crippen molar-refractivity contribution in [3.63, 3.8) is 0 Å². The molecule has 1 N–H and O–H groups in total. The molecule has 1 fully saturated rings. The van der Waals surface area contributed by atoms with E-state index in [1.165, 1.54) is 17.0 Å². The molecule has 2 aliphatic rings. The number of nitrogens with one attached hydrogen (secondary N) is 1. The lowest BCUT2D eigenvalue weighted by atomic mass is 9.78. The fourth-order valence-corrected chi connectivity index (χ4v) is 4.45. The predicted octanol–water partition coefficient (Wildman–Crippen LogP) is 2.92. The second-order valence-corrected chi connectivity index (χ2v) is 8.07. The molecule has 7 nitrogen and oxygen atoms in total. The van der Waals surface area contributed by atoms with Crippen LogP contribution in [0.4, 0.5) is 0 Å². The summed E-state index contributed by atoms with van der Waals surface area (Å²) in [5.41, 5.74) is 4.45. The van der Waals surface area contributed by atoms with E-state index in [0.717, 1.165) is 44.5 Å². The second kappa shape index (κ2) is 7.54. The summed E-state index contributed by atoms with van der Waals surface area (Å²) < 4.78 is 5.26. The number of carbonyl (C=O) groups excluding carboxylic acids is 1. The van der Waals surface area contributed by atoms with Crippen LogP contribution < -0.4 is 0 Å². The quantitative estimate of drug-likeness (QED) is 0.822. The van der Waals surface area contributed by atoms with Crippen molar-refractivity contribution in [2.24, 2.45) is 0 Å². The Labute approximate surface area is 165 Å². The largest absolute Gasteiger partial charge is 0.351 e. The van der Waals surface area contributed by atoms with Crippen molar-refractivity contribution >= 4 is 5.91 Å². The lowest BCUT2D eigenvalue weighted by molar-refractivity contribution is 0.0125. The third-order valence-corrected chi connectivity index (χ3v) is 6.13. The van der Waals surface area contributed by atoms with Gasteiger partial charge in [0, 0.05) is 44.4 Å². The van der Waals surface area contributed by atoms with Gasteiger partial charge in [-0.3, -0.25) is 9.69 Å². The van der Waals surface area contributed by atoms with E-state index >= 15 is 0 Å². The molecule has 2 aliphatic heterocycles. The first-order chi connectivity index (χ1) is 13.5. The minimum absolute atomic E-state index is 0.0593. The van der Waals surface area contributed by atoms with Crippen molar-refractivity contribution in [1.82, 2.24) is 24.9 Å². The highest BCUT2D eigenvalue weighted by molar-refractivity contribution is 5.91. The molecule has 2 aromatic heterocycles. The van der Waals surface area contributed by atoms with Gasteiger partial charge in [0.25, 0.3) is 5.91 Å². The van der Waals surface area contributed by atoms with Gasteiger partial charge in [0.05, 0.1) is 23.3 Å². The maximum Gasteiger partial charge on any atom is 0.292 e. The van der Waals surface area contributed by atoms with E-state index in [9.17, 15) is 4.79 Å². The highest BCUT2D eigenvalue weighted by atomic mass is 16.5. The number of imidazole rings is 1. The Hall–Kier alpha value is -2.41. The highest BCUT2D eigenvalue weighted by Crippen LogP contribution is 2.42. The first-order valence-corrected chi connectivity index (χ1v) is 10.2. The maximum atomic E-state index is 12.8. The third kappa shape index (κ3) is 3.28.